The minimum Gasteiger partial charge on any atom is -0.352 e. The van der Waals surface area contributed by atoms with E-state index in [2.05, 4.69) is 10.6 Å². The molecule has 0 unspecified atom stereocenters. The van der Waals surface area contributed by atoms with Gasteiger partial charge in [0.1, 0.15) is 5.82 Å². The van der Waals surface area contributed by atoms with Crippen LogP contribution in [0.25, 0.3) is 0 Å². The fourth-order valence-corrected chi connectivity index (χ4v) is 5.15. The van der Waals surface area contributed by atoms with Crippen LogP contribution in [0.2, 0.25) is 0 Å². The molecule has 2 aromatic rings. The van der Waals surface area contributed by atoms with E-state index in [4.69, 9.17) is 0 Å². The van der Waals surface area contributed by atoms with Gasteiger partial charge in [0.05, 0.1) is 22.1 Å². The number of halogens is 1. The molecule has 1 saturated heterocycles. The monoisotopic (exact) mass is 461 g/mol. The molecule has 2 N–H and O–H groups in total. The molecular formula is C23H28FN3O4S. The zero-order valence-corrected chi connectivity index (χ0v) is 18.8. The van der Waals surface area contributed by atoms with Crippen molar-refractivity contribution in [2.45, 2.75) is 37.5 Å². The van der Waals surface area contributed by atoms with Crippen molar-refractivity contribution < 1.29 is 22.4 Å². The van der Waals surface area contributed by atoms with Crippen molar-refractivity contribution in [3.8, 4) is 0 Å². The van der Waals surface area contributed by atoms with Crippen molar-refractivity contribution in [2.75, 3.05) is 25.0 Å². The SMILES string of the molecule is CCCCNC(=O)c1ccccc1NC(=O)[C@H]1CCCN(S(=O)(=O)c2ccc(F)cc2)C1. The van der Waals surface area contributed by atoms with E-state index in [9.17, 15) is 22.4 Å². The van der Waals surface area contributed by atoms with Crippen molar-refractivity contribution in [1.82, 2.24) is 9.62 Å². The molecule has 1 heterocycles. The highest BCUT2D eigenvalue weighted by Crippen LogP contribution is 2.25. The smallest absolute Gasteiger partial charge is 0.253 e. The van der Waals surface area contributed by atoms with Crippen molar-refractivity contribution >= 4 is 27.5 Å². The molecule has 0 aliphatic carbocycles. The fourth-order valence-electron chi connectivity index (χ4n) is 3.63. The lowest BCUT2D eigenvalue weighted by molar-refractivity contribution is -0.120. The number of carbonyl (C=O) groups excluding carboxylic acids is 2. The predicted molar refractivity (Wildman–Crippen MR) is 120 cm³/mol. The van der Waals surface area contributed by atoms with Gasteiger partial charge in [-0.1, -0.05) is 25.5 Å². The molecule has 3 rings (SSSR count). The summed E-state index contributed by atoms with van der Waals surface area (Å²) in [6.07, 6.45) is 2.88. The first kappa shape index (κ1) is 23.9. The number of amides is 2. The van der Waals surface area contributed by atoms with Crippen LogP contribution in [0.4, 0.5) is 10.1 Å². The number of rotatable bonds is 8. The Morgan fingerprint density at radius 3 is 2.56 bits per heavy atom. The van der Waals surface area contributed by atoms with Crippen LogP contribution < -0.4 is 10.6 Å². The number of hydrogen-bond acceptors (Lipinski definition) is 4. The maximum atomic E-state index is 13.2. The van der Waals surface area contributed by atoms with E-state index in [1.54, 1.807) is 24.3 Å². The van der Waals surface area contributed by atoms with Crippen LogP contribution in [0.1, 0.15) is 43.0 Å². The molecular weight excluding hydrogens is 433 g/mol. The summed E-state index contributed by atoms with van der Waals surface area (Å²) in [6, 6.07) is 11.4. The van der Waals surface area contributed by atoms with Gasteiger partial charge in [0.15, 0.2) is 0 Å². The van der Waals surface area contributed by atoms with E-state index < -0.39 is 21.8 Å². The number of nitrogens with one attached hydrogen (secondary N) is 2. The summed E-state index contributed by atoms with van der Waals surface area (Å²) in [7, 11) is -3.83. The minimum absolute atomic E-state index is 0.00551. The number of piperidine rings is 1. The highest BCUT2D eigenvalue weighted by molar-refractivity contribution is 7.89. The summed E-state index contributed by atoms with van der Waals surface area (Å²) in [6.45, 7) is 2.90. The van der Waals surface area contributed by atoms with E-state index in [1.165, 1.54) is 16.4 Å². The highest BCUT2D eigenvalue weighted by Gasteiger charge is 2.33. The van der Waals surface area contributed by atoms with Crippen LogP contribution in [0.3, 0.4) is 0 Å². The van der Waals surface area contributed by atoms with Gasteiger partial charge in [-0.05, 0) is 55.7 Å². The van der Waals surface area contributed by atoms with Crippen molar-refractivity contribution in [1.29, 1.82) is 0 Å². The number of carbonyl (C=O) groups is 2. The lowest BCUT2D eigenvalue weighted by Crippen LogP contribution is -2.43. The molecule has 172 valence electrons. The standard InChI is InChI=1S/C23H28FN3O4S/c1-2-3-14-25-23(29)20-8-4-5-9-21(20)26-22(28)17-7-6-15-27(16-17)32(30,31)19-12-10-18(24)11-13-19/h4-5,8-13,17H,2-3,6-7,14-16H2,1H3,(H,25,29)(H,26,28)/t17-/m0/s1. The normalized spacial score (nSPS) is 17.0. The summed E-state index contributed by atoms with van der Waals surface area (Å²) in [5.41, 5.74) is 0.758. The van der Waals surface area contributed by atoms with E-state index >= 15 is 0 Å². The Kier molecular flexibility index (Phi) is 7.98. The van der Waals surface area contributed by atoms with Crippen molar-refractivity contribution in [2.24, 2.45) is 5.92 Å². The minimum atomic E-state index is -3.83. The third kappa shape index (κ3) is 5.72. The lowest BCUT2D eigenvalue weighted by Gasteiger charge is -2.31. The third-order valence-corrected chi connectivity index (χ3v) is 7.33. The van der Waals surface area contributed by atoms with E-state index in [0.717, 1.165) is 25.0 Å². The quantitative estimate of drug-likeness (QED) is 0.589. The summed E-state index contributed by atoms with van der Waals surface area (Å²) < 4.78 is 40.3. The number of benzene rings is 2. The summed E-state index contributed by atoms with van der Waals surface area (Å²) in [5, 5.41) is 5.64. The molecule has 1 aliphatic rings. The van der Waals surface area contributed by atoms with E-state index in [-0.39, 0.29) is 23.3 Å². The molecule has 0 bridgehead atoms. The van der Waals surface area contributed by atoms with Gasteiger partial charge in [-0.2, -0.15) is 4.31 Å². The maximum Gasteiger partial charge on any atom is 0.253 e. The van der Waals surface area contributed by atoms with Gasteiger partial charge in [-0.15, -0.1) is 0 Å². The molecule has 32 heavy (non-hydrogen) atoms. The molecule has 0 saturated carbocycles. The molecule has 2 aromatic carbocycles. The van der Waals surface area contributed by atoms with Crippen LogP contribution in [0.15, 0.2) is 53.4 Å². The molecule has 1 aliphatic heterocycles. The second-order valence-electron chi connectivity index (χ2n) is 7.80. The summed E-state index contributed by atoms with van der Waals surface area (Å²) in [4.78, 5) is 25.4. The largest absolute Gasteiger partial charge is 0.352 e. The fraction of sp³-hybridized carbons (Fsp3) is 0.391. The second-order valence-corrected chi connectivity index (χ2v) is 9.74. The van der Waals surface area contributed by atoms with Crippen molar-refractivity contribution in [3.05, 3.63) is 59.9 Å². The average Bonchev–Trinajstić information content (AvgIpc) is 2.80. The van der Waals surface area contributed by atoms with Gasteiger partial charge in [-0.25, -0.2) is 12.8 Å². The predicted octanol–water partition coefficient (Wildman–Crippen LogP) is 3.40. The Balaban J connectivity index is 1.70. The zero-order chi connectivity index (χ0) is 23.1. The number of unbranched alkanes of at least 4 members (excludes halogenated alkanes) is 1. The van der Waals surface area contributed by atoms with Gasteiger partial charge in [0.25, 0.3) is 5.91 Å². The topological polar surface area (TPSA) is 95.6 Å². The van der Waals surface area contributed by atoms with Crippen LogP contribution in [-0.4, -0.2) is 44.2 Å². The molecule has 1 fully saturated rings. The Labute approximate surface area is 188 Å². The molecule has 9 heteroatoms. The maximum absolute atomic E-state index is 13.2. The van der Waals surface area contributed by atoms with Crippen LogP contribution >= 0.6 is 0 Å². The van der Waals surface area contributed by atoms with Gasteiger partial charge < -0.3 is 10.6 Å². The first-order chi connectivity index (χ1) is 15.3. The molecule has 2 amide bonds. The van der Waals surface area contributed by atoms with Crippen LogP contribution in [-0.2, 0) is 14.8 Å². The Bertz CT molecular complexity index is 1060. The zero-order valence-electron chi connectivity index (χ0n) is 18.0. The first-order valence-electron chi connectivity index (χ1n) is 10.8. The van der Waals surface area contributed by atoms with E-state index in [1.807, 2.05) is 6.92 Å². The third-order valence-electron chi connectivity index (χ3n) is 5.45. The van der Waals surface area contributed by atoms with Gasteiger partial charge in [-0.3, -0.25) is 9.59 Å². The molecule has 0 spiro atoms. The number of sulfonamides is 1. The number of anilines is 1. The van der Waals surface area contributed by atoms with Crippen molar-refractivity contribution in [3.63, 3.8) is 0 Å². The molecule has 0 aromatic heterocycles. The van der Waals surface area contributed by atoms with E-state index in [0.29, 0.717) is 37.2 Å². The molecule has 7 nitrogen and oxygen atoms in total. The first-order valence-corrected chi connectivity index (χ1v) is 12.2. The Hall–Kier alpha value is -2.78. The average molecular weight is 462 g/mol. The molecule has 1 atom stereocenters. The second kappa shape index (κ2) is 10.7. The highest BCUT2D eigenvalue weighted by atomic mass is 32.2. The van der Waals surface area contributed by atoms with Gasteiger partial charge in [0.2, 0.25) is 15.9 Å². The number of nitrogens with zero attached hydrogens (tertiary/aromatic N) is 1. The molecule has 0 radical (unpaired) electrons. The Morgan fingerprint density at radius 1 is 1.12 bits per heavy atom. The van der Waals surface area contributed by atoms with Gasteiger partial charge in [0, 0.05) is 19.6 Å². The van der Waals surface area contributed by atoms with Gasteiger partial charge >= 0.3 is 0 Å². The summed E-state index contributed by atoms with van der Waals surface area (Å²) in [5.74, 6) is -1.68. The lowest BCUT2D eigenvalue weighted by atomic mass is 9.98. The van der Waals surface area contributed by atoms with Crippen LogP contribution in [0, 0.1) is 11.7 Å². The summed E-state index contributed by atoms with van der Waals surface area (Å²) >= 11 is 0. The number of hydrogen-bond donors (Lipinski definition) is 2. The van der Waals surface area contributed by atoms with Crippen LogP contribution in [0.5, 0.6) is 0 Å². The number of para-hydroxylation sites is 1. The Morgan fingerprint density at radius 2 is 1.84 bits per heavy atom.